The van der Waals surface area contributed by atoms with Crippen molar-refractivity contribution in [1.82, 2.24) is 40.6 Å². The molecule has 6 aromatic rings. The van der Waals surface area contributed by atoms with Crippen molar-refractivity contribution in [2.24, 2.45) is 10.4 Å². The summed E-state index contributed by atoms with van der Waals surface area (Å²) in [5, 5.41) is 30.5. The van der Waals surface area contributed by atoms with E-state index in [2.05, 4.69) is 49.9 Å². The maximum atomic E-state index is 14.4. The molecule has 2 unspecified atom stereocenters. The molecular weight excluding hydrogens is 984 g/mol. The highest BCUT2D eigenvalue weighted by Gasteiger charge is 2.45. The Balaban J connectivity index is 0.805. The second kappa shape index (κ2) is 21.3. The standard InChI is InChI=1S/C54H61ClN10O6S2/c1-29-31(3)73-53-45(29)46(34-15-17-37(55)18-16-34)58-41(49-62-61-32(4)65(49)53)25-44(68)57-38-21-22-63(26-38)39-19-9-33(10-20-39)23-43(67)59-48(54(5,6)7)52(70)64-27-40(66)24-42(64)50(69)60-51(71-8)36-13-11-35(12-14-36)47-30(2)56-28-72-47/h9-20,28,38,40-42,48,51,66H,21-27H2,1-8H3,(H,57,68)(H,59,67)(H,60,69)/t38?,40-,41+,42+,48-,51?/m1/s1. The molecule has 4 amide bonds. The highest BCUT2D eigenvalue weighted by molar-refractivity contribution is 7.15. The van der Waals surface area contributed by atoms with Gasteiger partial charge in [-0.2, -0.15) is 0 Å². The Kier molecular flexibility index (Phi) is 15.0. The van der Waals surface area contributed by atoms with Crippen molar-refractivity contribution in [2.75, 3.05) is 31.6 Å². The van der Waals surface area contributed by atoms with Gasteiger partial charge in [-0.3, -0.25) is 28.7 Å². The van der Waals surface area contributed by atoms with Gasteiger partial charge in [0.25, 0.3) is 0 Å². The van der Waals surface area contributed by atoms with E-state index in [1.54, 1.807) is 28.2 Å². The van der Waals surface area contributed by atoms with Gasteiger partial charge in [-0.15, -0.1) is 32.9 Å². The minimum atomic E-state index is -0.984. The molecule has 73 heavy (non-hydrogen) atoms. The van der Waals surface area contributed by atoms with E-state index in [1.807, 2.05) is 112 Å². The molecule has 16 nitrogen and oxygen atoms in total. The van der Waals surface area contributed by atoms with Gasteiger partial charge in [0, 0.05) is 71.5 Å². The third kappa shape index (κ3) is 11.0. The maximum Gasteiger partial charge on any atom is 0.246 e. The quantitative estimate of drug-likeness (QED) is 0.0793. The van der Waals surface area contributed by atoms with Gasteiger partial charge in [-0.1, -0.05) is 80.9 Å². The number of hydrogen-bond donors (Lipinski definition) is 4. The van der Waals surface area contributed by atoms with Crippen LogP contribution in [0.2, 0.25) is 5.02 Å². The molecule has 0 spiro atoms. The third-order valence-electron chi connectivity index (χ3n) is 14.0. The zero-order valence-electron chi connectivity index (χ0n) is 42.2. The van der Waals surface area contributed by atoms with Crippen molar-refractivity contribution in [3.05, 3.63) is 133 Å². The molecule has 2 saturated heterocycles. The number of aliphatic hydroxyl groups is 1. The summed E-state index contributed by atoms with van der Waals surface area (Å²) in [7, 11) is 1.49. The number of benzene rings is 3. The summed E-state index contributed by atoms with van der Waals surface area (Å²) in [6, 6.07) is 20.4. The highest BCUT2D eigenvalue weighted by Crippen LogP contribution is 2.40. The fourth-order valence-corrected chi connectivity index (χ4v) is 12.1. The molecule has 9 rings (SSSR count). The Morgan fingerprint density at radius 3 is 2.29 bits per heavy atom. The first kappa shape index (κ1) is 51.6. The zero-order valence-corrected chi connectivity index (χ0v) is 44.6. The summed E-state index contributed by atoms with van der Waals surface area (Å²) in [6.07, 6.45) is -0.823. The predicted molar refractivity (Wildman–Crippen MR) is 284 cm³/mol. The van der Waals surface area contributed by atoms with Crippen LogP contribution in [0.25, 0.3) is 15.4 Å². The lowest BCUT2D eigenvalue weighted by Crippen LogP contribution is -2.58. The second-order valence-corrected chi connectivity index (χ2v) is 22.7. The summed E-state index contributed by atoms with van der Waals surface area (Å²) in [5.41, 5.74) is 9.27. The molecule has 2 fully saturated rings. The Morgan fingerprint density at radius 1 is 0.904 bits per heavy atom. The predicted octanol–water partition coefficient (Wildman–Crippen LogP) is 7.51. The first-order valence-corrected chi connectivity index (χ1v) is 26.5. The largest absolute Gasteiger partial charge is 0.391 e. The normalized spacial score (nSPS) is 19.4. The van der Waals surface area contributed by atoms with E-state index in [0.717, 1.165) is 73.6 Å². The van der Waals surface area contributed by atoms with Gasteiger partial charge in [0.1, 0.15) is 29.0 Å². The summed E-state index contributed by atoms with van der Waals surface area (Å²) in [5.74, 6) is -0.0505. The Labute approximate surface area is 438 Å². The van der Waals surface area contributed by atoms with Crippen LogP contribution in [0.1, 0.15) is 102 Å². The van der Waals surface area contributed by atoms with E-state index in [4.69, 9.17) is 21.3 Å². The van der Waals surface area contributed by atoms with Crippen LogP contribution in [0.4, 0.5) is 5.69 Å². The summed E-state index contributed by atoms with van der Waals surface area (Å²) < 4.78 is 7.72. The topological polar surface area (TPSA) is 196 Å². The molecule has 6 atom stereocenters. The van der Waals surface area contributed by atoms with Gasteiger partial charge >= 0.3 is 0 Å². The number of carbonyl (C=O) groups is 4. The maximum absolute atomic E-state index is 14.4. The molecule has 19 heteroatoms. The van der Waals surface area contributed by atoms with Crippen molar-refractivity contribution in [1.29, 1.82) is 0 Å². The molecule has 0 saturated carbocycles. The van der Waals surface area contributed by atoms with Gasteiger partial charge in [0.2, 0.25) is 23.6 Å². The Hall–Kier alpha value is -6.31. The number of β-amino-alcohol motifs (C(OH)–C–C–N with tert-alkyl or cyclic N) is 1. The van der Waals surface area contributed by atoms with Crippen LogP contribution in [0, 0.1) is 33.1 Å². The van der Waals surface area contributed by atoms with Crippen molar-refractivity contribution in [3.63, 3.8) is 0 Å². The Morgan fingerprint density at radius 2 is 1.62 bits per heavy atom. The van der Waals surface area contributed by atoms with Crippen LogP contribution in [0.3, 0.4) is 0 Å². The number of halogens is 1. The lowest BCUT2D eigenvalue weighted by Gasteiger charge is -2.35. The van der Waals surface area contributed by atoms with Crippen LogP contribution in [0.15, 0.2) is 83.3 Å². The van der Waals surface area contributed by atoms with Crippen molar-refractivity contribution in [3.8, 4) is 15.4 Å². The number of aliphatic hydroxyl groups excluding tert-OH is 1. The molecule has 3 aliphatic rings. The van der Waals surface area contributed by atoms with Crippen molar-refractivity contribution in [2.45, 2.75) is 111 Å². The number of ether oxygens (including phenoxy) is 1. The minimum absolute atomic E-state index is 0.0194. The lowest BCUT2D eigenvalue weighted by atomic mass is 9.85. The summed E-state index contributed by atoms with van der Waals surface area (Å²) in [4.78, 5) is 71.2. The fourth-order valence-electron chi connectivity index (χ4n) is 9.94. The van der Waals surface area contributed by atoms with E-state index in [0.29, 0.717) is 23.0 Å². The van der Waals surface area contributed by atoms with Crippen LogP contribution >= 0.6 is 34.3 Å². The molecule has 4 N–H and O–H groups in total. The number of hydrogen-bond acceptors (Lipinski definition) is 13. The molecule has 3 aliphatic heterocycles. The van der Waals surface area contributed by atoms with Gasteiger partial charge in [0.05, 0.1) is 40.7 Å². The zero-order chi connectivity index (χ0) is 51.9. The number of anilines is 1. The highest BCUT2D eigenvalue weighted by atomic mass is 35.5. The number of aromatic nitrogens is 4. The van der Waals surface area contributed by atoms with E-state index in [9.17, 15) is 24.3 Å². The van der Waals surface area contributed by atoms with E-state index >= 15 is 0 Å². The molecule has 0 bridgehead atoms. The number of carbonyl (C=O) groups excluding carboxylic acids is 4. The molecule has 3 aromatic carbocycles. The fraction of sp³-hybridized carbons (Fsp3) is 0.407. The lowest BCUT2D eigenvalue weighted by molar-refractivity contribution is -0.145. The smallest absolute Gasteiger partial charge is 0.246 e. The minimum Gasteiger partial charge on any atom is -0.391 e. The van der Waals surface area contributed by atoms with Crippen molar-refractivity contribution < 1.29 is 29.0 Å². The number of fused-ring (bicyclic) bond motifs is 3. The molecule has 6 heterocycles. The van der Waals surface area contributed by atoms with Gasteiger partial charge in [-0.25, -0.2) is 4.98 Å². The number of thiazole rings is 1. The monoisotopic (exact) mass is 1040 g/mol. The number of amides is 4. The average molecular weight is 1050 g/mol. The second-order valence-electron chi connectivity index (χ2n) is 20.2. The van der Waals surface area contributed by atoms with E-state index in [1.165, 1.54) is 16.9 Å². The number of nitrogens with zero attached hydrogens (tertiary/aromatic N) is 7. The summed E-state index contributed by atoms with van der Waals surface area (Å²) in [6.45, 7) is 14.9. The van der Waals surface area contributed by atoms with Gasteiger partial charge in [0.15, 0.2) is 12.1 Å². The molecule has 3 aromatic heterocycles. The number of thiophene rings is 1. The molecule has 0 aliphatic carbocycles. The van der Waals surface area contributed by atoms with Crippen LogP contribution in [-0.2, 0) is 30.3 Å². The molecule has 382 valence electrons. The number of aliphatic imine (C=N–C) groups is 1. The van der Waals surface area contributed by atoms with Crippen LogP contribution < -0.4 is 20.9 Å². The SMILES string of the molecule is COC(NC(=O)[C@@H]1C[C@@H](O)CN1C(=O)[C@@H](NC(=O)Cc1ccc(N2CCC(NC(=O)C[C@@H]3N=C(c4ccc(Cl)cc4)c4c(sc(C)c4C)-n4c(C)nnc43)C2)cc1)C(C)(C)C)c1ccc(-c2scnc2C)cc1. The van der Waals surface area contributed by atoms with E-state index in [-0.39, 0.29) is 43.7 Å². The summed E-state index contributed by atoms with van der Waals surface area (Å²) >= 11 is 9.51. The van der Waals surface area contributed by atoms with Crippen molar-refractivity contribution >= 4 is 69.3 Å². The number of rotatable bonds is 14. The third-order valence-corrected chi connectivity index (χ3v) is 16.4. The Bertz CT molecular complexity index is 3050. The number of nitrogens with one attached hydrogen (secondary N) is 3. The van der Waals surface area contributed by atoms with E-state index < -0.39 is 47.7 Å². The molecular formula is C54H61ClN10O6S2. The number of methoxy groups -OCH3 is 1. The van der Waals surface area contributed by atoms with Gasteiger partial charge < -0.3 is 35.6 Å². The number of likely N-dealkylation sites (tertiary alicyclic amines) is 1. The van der Waals surface area contributed by atoms with Crippen LogP contribution in [-0.4, -0.2) is 110 Å². The number of aryl methyl sites for hydroxylation is 3. The first-order valence-electron chi connectivity index (χ1n) is 24.5. The molecule has 0 radical (unpaired) electrons. The first-order chi connectivity index (χ1) is 34.9. The average Bonchev–Trinajstić information content (AvgIpc) is 4.21. The van der Waals surface area contributed by atoms with Crippen LogP contribution in [0.5, 0.6) is 0 Å². The van der Waals surface area contributed by atoms with Gasteiger partial charge in [-0.05, 0) is 80.5 Å².